The number of phenolic OH excluding ortho intramolecular Hbond substituents is 1. The van der Waals surface area contributed by atoms with Crippen LogP contribution in [-0.2, 0) is 7.05 Å². The first-order chi connectivity index (χ1) is 11.6. The fraction of sp³-hybridized carbons (Fsp3) is 0.105. The second-order valence-electron chi connectivity index (χ2n) is 5.73. The van der Waals surface area contributed by atoms with Gasteiger partial charge in [-0.2, -0.15) is 0 Å². The zero-order valence-electron chi connectivity index (χ0n) is 13.4. The van der Waals surface area contributed by atoms with Crippen LogP contribution in [0.15, 0.2) is 54.7 Å². The summed E-state index contributed by atoms with van der Waals surface area (Å²) in [4.78, 5) is 9.03. The molecule has 5 heteroatoms. The highest BCUT2D eigenvalue weighted by Crippen LogP contribution is 2.35. The number of rotatable bonds is 2. The Morgan fingerprint density at radius 3 is 2.67 bits per heavy atom. The van der Waals surface area contributed by atoms with Crippen LogP contribution in [0.5, 0.6) is 5.75 Å². The van der Waals surface area contributed by atoms with E-state index in [1.165, 1.54) is 0 Å². The average molecular weight is 316 g/mol. The van der Waals surface area contributed by atoms with Crippen molar-refractivity contribution in [3.8, 4) is 28.7 Å². The van der Waals surface area contributed by atoms with Crippen molar-refractivity contribution >= 4 is 10.8 Å². The molecule has 0 atom stereocenters. The van der Waals surface area contributed by atoms with Gasteiger partial charge in [-0.25, -0.2) is 9.67 Å². The van der Waals surface area contributed by atoms with Crippen LogP contribution < -0.4 is 0 Å². The summed E-state index contributed by atoms with van der Waals surface area (Å²) in [6.45, 7) is 1.98. The molecule has 0 radical (unpaired) electrons. The van der Waals surface area contributed by atoms with Gasteiger partial charge in [-0.15, -0.1) is 5.10 Å². The first kappa shape index (κ1) is 14.4. The third kappa shape index (κ3) is 2.22. The molecule has 24 heavy (non-hydrogen) atoms. The fourth-order valence-electron chi connectivity index (χ4n) is 2.92. The standard InChI is InChI=1S/C19H16N4O/c1-12-6-5-11-20-17(12)18-21-19(23(2)22-18)16-14-8-4-3-7-13(14)9-10-15(16)24/h3-11,24H,1-2H3. The molecule has 4 rings (SSSR count). The fourth-order valence-corrected chi connectivity index (χ4v) is 2.92. The quantitative estimate of drug-likeness (QED) is 0.612. The molecule has 0 aliphatic carbocycles. The van der Waals surface area contributed by atoms with Crippen molar-refractivity contribution in [2.75, 3.05) is 0 Å². The van der Waals surface area contributed by atoms with E-state index in [0.717, 1.165) is 22.0 Å². The Kier molecular flexibility index (Phi) is 3.27. The van der Waals surface area contributed by atoms with E-state index in [2.05, 4.69) is 15.1 Å². The summed E-state index contributed by atoms with van der Waals surface area (Å²) in [5.74, 6) is 1.36. The number of hydrogen-bond acceptors (Lipinski definition) is 4. The van der Waals surface area contributed by atoms with Crippen LogP contribution in [0.25, 0.3) is 33.7 Å². The minimum absolute atomic E-state index is 0.188. The van der Waals surface area contributed by atoms with Crippen LogP contribution in [0.4, 0.5) is 0 Å². The molecule has 0 unspecified atom stereocenters. The number of aromatic nitrogens is 4. The van der Waals surface area contributed by atoms with Gasteiger partial charge in [0.15, 0.2) is 5.82 Å². The number of nitrogens with zero attached hydrogens (tertiary/aromatic N) is 4. The Labute approximate surface area is 139 Å². The van der Waals surface area contributed by atoms with Gasteiger partial charge in [0.2, 0.25) is 5.82 Å². The van der Waals surface area contributed by atoms with Gasteiger partial charge in [0.25, 0.3) is 0 Å². The van der Waals surface area contributed by atoms with Gasteiger partial charge in [0.1, 0.15) is 11.4 Å². The van der Waals surface area contributed by atoms with E-state index in [1.54, 1.807) is 16.9 Å². The number of hydrogen-bond donors (Lipinski definition) is 1. The van der Waals surface area contributed by atoms with E-state index >= 15 is 0 Å². The predicted molar refractivity (Wildman–Crippen MR) is 93.6 cm³/mol. The van der Waals surface area contributed by atoms with Crippen molar-refractivity contribution in [3.63, 3.8) is 0 Å². The van der Waals surface area contributed by atoms with Gasteiger partial charge in [0.05, 0.1) is 5.56 Å². The lowest BCUT2D eigenvalue weighted by Gasteiger charge is -2.08. The Morgan fingerprint density at radius 1 is 1.00 bits per heavy atom. The van der Waals surface area contributed by atoms with Crippen LogP contribution in [0.3, 0.4) is 0 Å². The van der Waals surface area contributed by atoms with E-state index in [-0.39, 0.29) is 5.75 Å². The van der Waals surface area contributed by atoms with Gasteiger partial charge in [-0.3, -0.25) is 4.98 Å². The molecule has 5 nitrogen and oxygen atoms in total. The Balaban J connectivity index is 1.96. The summed E-state index contributed by atoms with van der Waals surface area (Å²) in [7, 11) is 1.82. The SMILES string of the molecule is Cc1cccnc1-c1nc(-c2c(O)ccc3ccccc23)n(C)n1. The molecule has 0 fully saturated rings. The van der Waals surface area contributed by atoms with Crippen LogP contribution in [0, 0.1) is 6.92 Å². The van der Waals surface area contributed by atoms with E-state index < -0.39 is 0 Å². The molecule has 0 saturated heterocycles. The highest BCUT2D eigenvalue weighted by Gasteiger charge is 2.18. The summed E-state index contributed by atoms with van der Waals surface area (Å²) in [5.41, 5.74) is 2.44. The second kappa shape index (κ2) is 5.45. The van der Waals surface area contributed by atoms with Crippen molar-refractivity contribution < 1.29 is 5.11 Å². The van der Waals surface area contributed by atoms with Gasteiger partial charge in [0, 0.05) is 13.2 Å². The lowest BCUT2D eigenvalue weighted by molar-refractivity contribution is 0.477. The lowest BCUT2D eigenvalue weighted by atomic mass is 10.0. The van der Waals surface area contributed by atoms with E-state index in [0.29, 0.717) is 17.2 Å². The van der Waals surface area contributed by atoms with Gasteiger partial charge >= 0.3 is 0 Å². The molecule has 2 aromatic carbocycles. The zero-order chi connectivity index (χ0) is 16.7. The topological polar surface area (TPSA) is 63.8 Å². The normalized spacial score (nSPS) is 11.1. The average Bonchev–Trinajstić information content (AvgIpc) is 2.96. The largest absolute Gasteiger partial charge is 0.507 e. The van der Waals surface area contributed by atoms with E-state index in [4.69, 9.17) is 0 Å². The highest BCUT2D eigenvalue weighted by molar-refractivity contribution is 5.98. The molecular weight excluding hydrogens is 300 g/mol. The molecule has 0 bridgehead atoms. The molecule has 0 saturated carbocycles. The number of pyridine rings is 1. The van der Waals surface area contributed by atoms with Gasteiger partial charge in [-0.05, 0) is 35.4 Å². The molecule has 0 amide bonds. The third-order valence-corrected chi connectivity index (χ3v) is 4.11. The van der Waals surface area contributed by atoms with Crippen LogP contribution >= 0.6 is 0 Å². The monoisotopic (exact) mass is 316 g/mol. The van der Waals surface area contributed by atoms with Crippen molar-refractivity contribution in [1.29, 1.82) is 0 Å². The molecule has 0 aliphatic rings. The number of fused-ring (bicyclic) bond motifs is 1. The summed E-state index contributed by atoms with van der Waals surface area (Å²) < 4.78 is 1.69. The third-order valence-electron chi connectivity index (χ3n) is 4.11. The number of benzene rings is 2. The maximum absolute atomic E-state index is 10.4. The second-order valence-corrected chi connectivity index (χ2v) is 5.73. The Bertz CT molecular complexity index is 1050. The summed E-state index contributed by atoms with van der Waals surface area (Å²) in [6, 6.07) is 15.4. The molecule has 2 heterocycles. The van der Waals surface area contributed by atoms with Gasteiger partial charge in [-0.1, -0.05) is 36.4 Å². The van der Waals surface area contributed by atoms with Crippen molar-refractivity contribution in [3.05, 3.63) is 60.3 Å². The predicted octanol–water partition coefficient (Wildman–Crippen LogP) is 3.71. The Morgan fingerprint density at radius 2 is 1.83 bits per heavy atom. The Hall–Kier alpha value is -3.21. The molecule has 4 aromatic rings. The summed E-state index contributed by atoms with van der Waals surface area (Å²) in [6.07, 6.45) is 1.73. The molecule has 1 N–H and O–H groups in total. The zero-order valence-corrected chi connectivity index (χ0v) is 13.4. The van der Waals surface area contributed by atoms with E-state index in [9.17, 15) is 5.11 Å². The minimum Gasteiger partial charge on any atom is -0.507 e. The molecule has 2 aromatic heterocycles. The maximum atomic E-state index is 10.4. The minimum atomic E-state index is 0.188. The van der Waals surface area contributed by atoms with Crippen LogP contribution in [0.1, 0.15) is 5.56 Å². The smallest absolute Gasteiger partial charge is 0.200 e. The van der Waals surface area contributed by atoms with Crippen LogP contribution in [-0.4, -0.2) is 24.9 Å². The summed E-state index contributed by atoms with van der Waals surface area (Å²) >= 11 is 0. The maximum Gasteiger partial charge on any atom is 0.200 e. The molecular formula is C19H16N4O. The van der Waals surface area contributed by atoms with E-state index in [1.807, 2.05) is 56.4 Å². The lowest BCUT2D eigenvalue weighted by Crippen LogP contribution is -1.96. The van der Waals surface area contributed by atoms with Crippen molar-refractivity contribution in [2.45, 2.75) is 6.92 Å². The first-order valence-corrected chi connectivity index (χ1v) is 7.69. The first-order valence-electron chi connectivity index (χ1n) is 7.69. The number of aromatic hydroxyl groups is 1. The molecule has 0 aliphatic heterocycles. The summed E-state index contributed by atoms with van der Waals surface area (Å²) in [5, 5.41) is 16.9. The highest BCUT2D eigenvalue weighted by atomic mass is 16.3. The van der Waals surface area contributed by atoms with Crippen molar-refractivity contribution in [1.82, 2.24) is 19.7 Å². The van der Waals surface area contributed by atoms with Gasteiger partial charge < -0.3 is 5.11 Å². The number of phenols is 1. The number of aryl methyl sites for hydroxylation is 2. The molecule has 118 valence electrons. The molecule has 0 spiro atoms. The van der Waals surface area contributed by atoms with Crippen LogP contribution in [0.2, 0.25) is 0 Å². The van der Waals surface area contributed by atoms with Crippen molar-refractivity contribution in [2.24, 2.45) is 7.05 Å².